The second-order valence-electron chi connectivity index (χ2n) is 5.36. The van der Waals surface area contributed by atoms with E-state index in [-0.39, 0.29) is 0 Å². The SMILES string of the molecule is Cc1ccnc(CN=C(N)Nc2ccc3c(c2)OCCCO3)c1. The first-order valence-corrected chi connectivity index (χ1v) is 7.59. The van der Waals surface area contributed by atoms with E-state index < -0.39 is 0 Å². The molecule has 0 aliphatic carbocycles. The Morgan fingerprint density at radius 1 is 1.22 bits per heavy atom. The van der Waals surface area contributed by atoms with Crippen LogP contribution in [0.1, 0.15) is 17.7 Å². The molecule has 1 aromatic heterocycles. The van der Waals surface area contributed by atoms with Gasteiger partial charge in [0.05, 0.1) is 25.5 Å². The highest BCUT2D eigenvalue weighted by Crippen LogP contribution is 2.32. The summed E-state index contributed by atoms with van der Waals surface area (Å²) in [6.07, 6.45) is 2.65. The molecule has 0 atom stereocenters. The van der Waals surface area contributed by atoms with Crippen LogP contribution < -0.4 is 20.5 Å². The van der Waals surface area contributed by atoms with Gasteiger partial charge in [0, 0.05) is 24.4 Å². The first-order valence-electron chi connectivity index (χ1n) is 7.59. The number of anilines is 1. The highest BCUT2D eigenvalue weighted by atomic mass is 16.5. The summed E-state index contributed by atoms with van der Waals surface area (Å²) >= 11 is 0. The minimum absolute atomic E-state index is 0.336. The van der Waals surface area contributed by atoms with Gasteiger partial charge in [-0.2, -0.15) is 0 Å². The fourth-order valence-electron chi connectivity index (χ4n) is 2.28. The quantitative estimate of drug-likeness (QED) is 0.672. The zero-order valence-electron chi connectivity index (χ0n) is 13.1. The lowest BCUT2D eigenvalue weighted by molar-refractivity contribution is 0.297. The molecule has 120 valence electrons. The number of benzene rings is 1. The number of hydrogen-bond donors (Lipinski definition) is 2. The Balaban J connectivity index is 1.66. The molecule has 0 unspecified atom stereocenters. The molecule has 3 rings (SSSR count). The van der Waals surface area contributed by atoms with Gasteiger partial charge in [0.1, 0.15) is 0 Å². The molecule has 1 aliphatic heterocycles. The van der Waals surface area contributed by atoms with Gasteiger partial charge >= 0.3 is 0 Å². The number of aromatic nitrogens is 1. The summed E-state index contributed by atoms with van der Waals surface area (Å²) < 4.78 is 11.3. The van der Waals surface area contributed by atoms with Crippen LogP contribution >= 0.6 is 0 Å². The molecular formula is C17H20N4O2. The van der Waals surface area contributed by atoms with Crippen LogP contribution in [0.25, 0.3) is 0 Å². The number of aryl methyl sites for hydroxylation is 1. The molecule has 3 N–H and O–H groups in total. The van der Waals surface area contributed by atoms with Crippen LogP contribution in [0.3, 0.4) is 0 Å². The van der Waals surface area contributed by atoms with Crippen LogP contribution in [-0.4, -0.2) is 24.2 Å². The van der Waals surface area contributed by atoms with E-state index in [1.165, 1.54) is 0 Å². The number of hydrogen-bond acceptors (Lipinski definition) is 4. The lowest BCUT2D eigenvalue weighted by atomic mass is 10.2. The summed E-state index contributed by atoms with van der Waals surface area (Å²) in [4.78, 5) is 8.57. The van der Waals surface area contributed by atoms with Crippen molar-refractivity contribution in [1.82, 2.24) is 4.98 Å². The van der Waals surface area contributed by atoms with Crippen molar-refractivity contribution in [1.29, 1.82) is 0 Å². The molecule has 1 aromatic carbocycles. The van der Waals surface area contributed by atoms with E-state index >= 15 is 0 Å². The largest absolute Gasteiger partial charge is 0.490 e. The Morgan fingerprint density at radius 3 is 2.87 bits per heavy atom. The number of aliphatic imine (C=N–C) groups is 1. The summed E-state index contributed by atoms with van der Waals surface area (Å²) in [6, 6.07) is 9.57. The van der Waals surface area contributed by atoms with Crippen molar-refractivity contribution in [2.45, 2.75) is 19.9 Å². The van der Waals surface area contributed by atoms with E-state index in [2.05, 4.69) is 15.3 Å². The van der Waals surface area contributed by atoms with Crippen LogP contribution in [0.5, 0.6) is 11.5 Å². The third kappa shape index (κ3) is 4.12. The predicted octanol–water partition coefficient (Wildman–Crippen LogP) is 2.48. The number of nitrogens with one attached hydrogen (secondary N) is 1. The van der Waals surface area contributed by atoms with Crippen LogP contribution in [0.15, 0.2) is 41.5 Å². The number of fused-ring (bicyclic) bond motifs is 1. The van der Waals surface area contributed by atoms with Crippen molar-refractivity contribution in [2.24, 2.45) is 10.7 Å². The molecule has 0 saturated carbocycles. The van der Waals surface area contributed by atoms with E-state index in [1.807, 2.05) is 37.3 Å². The molecule has 0 bridgehead atoms. The minimum atomic E-state index is 0.336. The van der Waals surface area contributed by atoms with E-state index in [9.17, 15) is 0 Å². The first-order chi connectivity index (χ1) is 11.2. The van der Waals surface area contributed by atoms with Gasteiger partial charge in [0.15, 0.2) is 17.5 Å². The Hall–Kier alpha value is -2.76. The van der Waals surface area contributed by atoms with Crippen LogP contribution in [0.4, 0.5) is 5.69 Å². The number of pyridine rings is 1. The molecule has 2 aromatic rings. The van der Waals surface area contributed by atoms with Crippen molar-refractivity contribution in [3.63, 3.8) is 0 Å². The number of nitrogens with zero attached hydrogens (tertiary/aromatic N) is 2. The van der Waals surface area contributed by atoms with E-state index in [4.69, 9.17) is 15.2 Å². The van der Waals surface area contributed by atoms with Gasteiger partial charge in [-0.05, 0) is 36.8 Å². The van der Waals surface area contributed by atoms with Crippen LogP contribution in [-0.2, 0) is 6.54 Å². The fourth-order valence-corrected chi connectivity index (χ4v) is 2.28. The third-order valence-corrected chi connectivity index (χ3v) is 3.40. The highest BCUT2D eigenvalue weighted by molar-refractivity contribution is 5.92. The molecule has 6 nitrogen and oxygen atoms in total. The molecule has 0 amide bonds. The second kappa shape index (κ2) is 7.00. The Labute approximate surface area is 135 Å². The van der Waals surface area contributed by atoms with Crippen molar-refractivity contribution in [2.75, 3.05) is 18.5 Å². The first kappa shape index (κ1) is 15.1. The molecule has 23 heavy (non-hydrogen) atoms. The van der Waals surface area contributed by atoms with Gasteiger partial charge in [-0.1, -0.05) is 0 Å². The van der Waals surface area contributed by atoms with Gasteiger partial charge in [-0.3, -0.25) is 4.98 Å². The lowest BCUT2D eigenvalue weighted by Crippen LogP contribution is -2.22. The molecular weight excluding hydrogens is 292 g/mol. The zero-order chi connectivity index (χ0) is 16.1. The molecule has 2 heterocycles. The smallest absolute Gasteiger partial charge is 0.193 e. The molecule has 0 radical (unpaired) electrons. The number of guanidine groups is 1. The summed E-state index contributed by atoms with van der Waals surface area (Å²) in [5, 5.41) is 3.06. The predicted molar refractivity (Wildman–Crippen MR) is 90.0 cm³/mol. The van der Waals surface area contributed by atoms with Crippen LogP contribution in [0.2, 0.25) is 0 Å². The average molecular weight is 312 g/mol. The van der Waals surface area contributed by atoms with Gasteiger partial charge in [-0.15, -0.1) is 0 Å². The molecule has 1 aliphatic rings. The van der Waals surface area contributed by atoms with Gasteiger partial charge in [0.25, 0.3) is 0 Å². The van der Waals surface area contributed by atoms with Gasteiger partial charge < -0.3 is 20.5 Å². The third-order valence-electron chi connectivity index (χ3n) is 3.40. The summed E-state index contributed by atoms with van der Waals surface area (Å²) in [5.41, 5.74) is 8.79. The lowest BCUT2D eigenvalue weighted by Gasteiger charge is -2.10. The Kier molecular flexibility index (Phi) is 4.61. The summed E-state index contributed by atoms with van der Waals surface area (Å²) in [7, 11) is 0. The Bertz CT molecular complexity index is 715. The van der Waals surface area contributed by atoms with E-state index in [0.29, 0.717) is 25.7 Å². The Morgan fingerprint density at radius 2 is 2.04 bits per heavy atom. The minimum Gasteiger partial charge on any atom is -0.490 e. The number of nitrogens with two attached hydrogens (primary N) is 1. The maximum Gasteiger partial charge on any atom is 0.193 e. The molecule has 6 heteroatoms. The average Bonchev–Trinajstić information content (AvgIpc) is 2.78. The summed E-state index contributed by atoms with van der Waals surface area (Å²) in [5.74, 6) is 1.82. The van der Waals surface area contributed by atoms with E-state index in [1.54, 1.807) is 6.20 Å². The normalized spacial score (nSPS) is 14.2. The highest BCUT2D eigenvalue weighted by Gasteiger charge is 2.10. The van der Waals surface area contributed by atoms with Gasteiger partial charge in [0.2, 0.25) is 0 Å². The second-order valence-corrected chi connectivity index (χ2v) is 5.36. The van der Waals surface area contributed by atoms with Gasteiger partial charge in [-0.25, -0.2) is 4.99 Å². The zero-order valence-corrected chi connectivity index (χ0v) is 13.1. The van der Waals surface area contributed by atoms with Crippen molar-refractivity contribution in [3.05, 3.63) is 47.8 Å². The number of rotatable bonds is 3. The monoisotopic (exact) mass is 312 g/mol. The maximum atomic E-state index is 5.94. The van der Waals surface area contributed by atoms with Crippen molar-refractivity contribution < 1.29 is 9.47 Å². The fraction of sp³-hybridized carbons (Fsp3) is 0.294. The molecule has 0 spiro atoms. The maximum absolute atomic E-state index is 5.94. The standard InChI is InChI=1S/C17H20N4O2/c1-12-5-6-19-14(9-12)11-20-17(18)21-13-3-4-15-16(10-13)23-8-2-7-22-15/h3-6,9-10H,2,7-8,11H2,1H3,(H3,18,20,21). The van der Waals surface area contributed by atoms with Crippen LogP contribution in [0, 0.1) is 6.92 Å². The number of ether oxygens (including phenoxy) is 2. The van der Waals surface area contributed by atoms with Crippen molar-refractivity contribution >= 4 is 11.6 Å². The molecule has 0 saturated heterocycles. The summed E-state index contributed by atoms with van der Waals surface area (Å²) in [6.45, 7) is 3.78. The topological polar surface area (TPSA) is 81.8 Å². The van der Waals surface area contributed by atoms with Crippen molar-refractivity contribution in [3.8, 4) is 11.5 Å². The van der Waals surface area contributed by atoms with E-state index in [0.717, 1.165) is 34.9 Å². The molecule has 0 fully saturated rings.